The molecule has 0 atom stereocenters. The third-order valence-electron chi connectivity index (χ3n) is 2.49. The lowest BCUT2D eigenvalue weighted by molar-refractivity contribution is -0.112. The Labute approximate surface area is 117 Å². The second kappa shape index (κ2) is 6.81. The van der Waals surface area contributed by atoms with Gasteiger partial charge in [-0.2, -0.15) is 0 Å². The Morgan fingerprint density at radius 2 is 1.80 bits per heavy atom. The Bertz CT molecular complexity index is 637. The van der Waals surface area contributed by atoms with Gasteiger partial charge in [-0.25, -0.2) is 0 Å². The highest BCUT2D eigenvalue weighted by atomic mass is 16.5. The van der Waals surface area contributed by atoms with Crippen LogP contribution in [0.15, 0.2) is 66.9 Å². The van der Waals surface area contributed by atoms with E-state index in [1.165, 1.54) is 12.3 Å². The lowest BCUT2D eigenvalue weighted by Gasteiger charge is -2.02. The standard InChI is InChI=1S/C17H13NO2/c1-2-14-8-10-15(11-9-14)18-17(19)12-13-20-16-6-4-3-5-7-16/h1,3-13H,(H,18,19). The fourth-order valence-corrected chi connectivity index (χ4v) is 1.51. The summed E-state index contributed by atoms with van der Waals surface area (Å²) >= 11 is 0. The summed E-state index contributed by atoms with van der Waals surface area (Å²) in [4.78, 5) is 11.6. The molecule has 2 aromatic rings. The van der Waals surface area contributed by atoms with Gasteiger partial charge >= 0.3 is 0 Å². The van der Waals surface area contributed by atoms with Crippen LogP contribution in [0, 0.1) is 12.3 Å². The predicted octanol–water partition coefficient (Wildman–Crippen LogP) is 3.20. The zero-order valence-corrected chi connectivity index (χ0v) is 10.7. The van der Waals surface area contributed by atoms with Gasteiger partial charge in [0, 0.05) is 17.3 Å². The molecular formula is C17H13NO2. The van der Waals surface area contributed by atoms with Gasteiger partial charge in [0.15, 0.2) is 0 Å². The van der Waals surface area contributed by atoms with Crippen LogP contribution in [0.1, 0.15) is 5.56 Å². The van der Waals surface area contributed by atoms with Crippen molar-refractivity contribution in [3.63, 3.8) is 0 Å². The molecule has 0 unspecified atom stereocenters. The molecule has 0 aliphatic rings. The molecule has 1 amide bonds. The summed E-state index contributed by atoms with van der Waals surface area (Å²) in [5.41, 5.74) is 1.45. The second-order valence-corrected chi connectivity index (χ2v) is 3.94. The summed E-state index contributed by atoms with van der Waals surface area (Å²) in [6, 6.07) is 16.2. The van der Waals surface area contributed by atoms with Gasteiger partial charge in [-0.1, -0.05) is 24.1 Å². The van der Waals surface area contributed by atoms with Crippen molar-refractivity contribution in [3.05, 3.63) is 72.5 Å². The molecule has 20 heavy (non-hydrogen) atoms. The van der Waals surface area contributed by atoms with Crippen molar-refractivity contribution in [2.45, 2.75) is 0 Å². The highest BCUT2D eigenvalue weighted by Crippen LogP contribution is 2.10. The number of amides is 1. The second-order valence-electron chi connectivity index (χ2n) is 3.94. The summed E-state index contributed by atoms with van der Waals surface area (Å²) in [7, 11) is 0. The smallest absolute Gasteiger partial charge is 0.251 e. The molecule has 2 rings (SSSR count). The summed E-state index contributed by atoms with van der Waals surface area (Å²) in [6.07, 6.45) is 7.93. The van der Waals surface area contributed by atoms with E-state index in [1.54, 1.807) is 36.4 Å². The topological polar surface area (TPSA) is 38.3 Å². The van der Waals surface area contributed by atoms with E-state index in [-0.39, 0.29) is 5.91 Å². The monoisotopic (exact) mass is 263 g/mol. The lowest BCUT2D eigenvalue weighted by Crippen LogP contribution is -2.08. The van der Waals surface area contributed by atoms with Crippen molar-refractivity contribution in [3.8, 4) is 18.1 Å². The quantitative estimate of drug-likeness (QED) is 0.522. The zero-order valence-electron chi connectivity index (χ0n) is 10.7. The first-order valence-electron chi connectivity index (χ1n) is 6.04. The summed E-state index contributed by atoms with van der Waals surface area (Å²) in [6.45, 7) is 0. The van der Waals surface area contributed by atoms with Crippen LogP contribution in [-0.2, 0) is 4.79 Å². The molecule has 1 N–H and O–H groups in total. The number of anilines is 1. The van der Waals surface area contributed by atoms with Gasteiger partial charge in [-0.05, 0) is 36.4 Å². The van der Waals surface area contributed by atoms with Crippen molar-refractivity contribution in [2.75, 3.05) is 5.32 Å². The molecule has 0 aromatic heterocycles. The molecule has 0 bridgehead atoms. The molecule has 0 fully saturated rings. The molecule has 3 nitrogen and oxygen atoms in total. The normalized spacial score (nSPS) is 9.95. The van der Waals surface area contributed by atoms with Crippen molar-refractivity contribution in [1.29, 1.82) is 0 Å². The molecule has 0 heterocycles. The SMILES string of the molecule is C#Cc1ccc(NC(=O)C=COc2ccccc2)cc1. The van der Waals surface area contributed by atoms with E-state index in [0.29, 0.717) is 11.4 Å². The van der Waals surface area contributed by atoms with Gasteiger partial charge in [0.25, 0.3) is 5.91 Å². The van der Waals surface area contributed by atoms with E-state index < -0.39 is 0 Å². The van der Waals surface area contributed by atoms with Gasteiger partial charge in [0.05, 0.1) is 6.26 Å². The van der Waals surface area contributed by atoms with Crippen molar-refractivity contribution in [1.82, 2.24) is 0 Å². The van der Waals surface area contributed by atoms with Crippen LogP contribution < -0.4 is 10.1 Å². The number of carbonyl (C=O) groups excluding carboxylic acids is 1. The molecule has 0 aliphatic heterocycles. The Morgan fingerprint density at radius 3 is 2.45 bits per heavy atom. The Morgan fingerprint density at radius 1 is 1.10 bits per heavy atom. The first-order chi connectivity index (χ1) is 9.78. The third-order valence-corrected chi connectivity index (χ3v) is 2.49. The van der Waals surface area contributed by atoms with Gasteiger partial charge < -0.3 is 10.1 Å². The fourth-order valence-electron chi connectivity index (χ4n) is 1.51. The van der Waals surface area contributed by atoms with Gasteiger partial charge in [0.2, 0.25) is 0 Å². The lowest BCUT2D eigenvalue weighted by atomic mass is 10.2. The highest BCUT2D eigenvalue weighted by molar-refractivity contribution is 5.99. The molecule has 0 aliphatic carbocycles. The molecule has 0 saturated carbocycles. The molecule has 3 heteroatoms. The molecule has 0 spiro atoms. The summed E-state index contributed by atoms with van der Waals surface area (Å²) in [5, 5.41) is 2.71. The third kappa shape index (κ3) is 4.04. The number of rotatable bonds is 4. The summed E-state index contributed by atoms with van der Waals surface area (Å²) in [5.74, 6) is 2.92. The van der Waals surface area contributed by atoms with Crippen LogP contribution in [0.5, 0.6) is 5.75 Å². The molecule has 0 radical (unpaired) electrons. The number of ether oxygens (including phenoxy) is 1. The Kier molecular flexibility index (Phi) is 4.58. The number of carbonyl (C=O) groups is 1. The zero-order chi connectivity index (χ0) is 14.2. The van der Waals surface area contributed by atoms with Crippen molar-refractivity contribution >= 4 is 11.6 Å². The highest BCUT2D eigenvalue weighted by Gasteiger charge is 1.97. The number of benzene rings is 2. The minimum Gasteiger partial charge on any atom is -0.465 e. The molecular weight excluding hydrogens is 250 g/mol. The van der Waals surface area contributed by atoms with Gasteiger partial charge in [0.1, 0.15) is 5.75 Å². The van der Waals surface area contributed by atoms with E-state index in [2.05, 4.69) is 11.2 Å². The number of hydrogen-bond acceptors (Lipinski definition) is 2. The number of terminal acetylenes is 1. The van der Waals surface area contributed by atoms with E-state index in [9.17, 15) is 4.79 Å². The molecule has 98 valence electrons. The Hall–Kier alpha value is -2.99. The minimum absolute atomic E-state index is 0.269. The molecule has 0 saturated heterocycles. The van der Waals surface area contributed by atoms with Crippen LogP contribution in [0.3, 0.4) is 0 Å². The Balaban J connectivity index is 1.87. The average Bonchev–Trinajstić information content (AvgIpc) is 2.49. The van der Waals surface area contributed by atoms with Crippen LogP contribution >= 0.6 is 0 Å². The van der Waals surface area contributed by atoms with E-state index in [4.69, 9.17) is 11.2 Å². The predicted molar refractivity (Wildman–Crippen MR) is 79.2 cm³/mol. The maximum Gasteiger partial charge on any atom is 0.251 e. The number of para-hydroxylation sites is 1. The van der Waals surface area contributed by atoms with Crippen LogP contribution in [-0.4, -0.2) is 5.91 Å². The first kappa shape index (κ1) is 13.4. The van der Waals surface area contributed by atoms with Gasteiger partial charge in [-0.15, -0.1) is 6.42 Å². The average molecular weight is 263 g/mol. The van der Waals surface area contributed by atoms with Crippen LogP contribution in [0.25, 0.3) is 0 Å². The maximum absolute atomic E-state index is 11.6. The van der Waals surface area contributed by atoms with Gasteiger partial charge in [-0.3, -0.25) is 4.79 Å². The van der Waals surface area contributed by atoms with Crippen molar-refractivity contribution in [2.24, 2.45) is 0 Å². The molecule has 2 aromatic carbocycles. The summed E-state index contributed by atoms with van der Waals surface area (Å²) < 4.78 is 5.28. The first-order valence-corrected chi connectivity index (χ1v) is 6.04. The van der Waals surface area contributed by atoms with Crippen molar-refractivity contribution < 1.29 is 9.53 Å². The van der Waals surface area contributed by atoms with Crippen LogP contribution in [0.2, 0.25) is 0 Å². The van der Waals surface area contributed by atoms with E-state index in [1.807, 2.05) is 18.2 Å². The fraction of sp³-hybridized carbons (Fsp3) is 0. The number of hydrogen-bond donors (Lipinski definition) is 1. The minimum atomic E-state index is -0.269. The van der Waals surface area contributed by atoms with E-state index in [0.717, 1.165) is 5.56 Å². The van der Waals surface area contributed by atoms with Crippen LogP contribution in [0.4, 0.5) is 5.69 Å². The van der Waals surface area contributed by atoms with E-state index >= 15 is 0 Å². The largest absolute Gasteiger partial charge is 0.465 e. The maximum atomic E-state index is 11.6. The number of nitrogens with one attached hydrogen (secondary N) is 1.